The van der Waals surface area contributed by atoms with E-state index in [0.717, 1.165) is 16.9 Å². The van der Waals surface area contributed by atoms with Crippen LogP contribution in [0.25, 0.3) is 0 Å². The molecule has 0 aliphatic heterocycles. The summed E-state index contributed by atoms with van der Waals surface area (Å²) in [5.41, 5.74) is 0.922. The Morgan fingerprint density at radius 3 is 1.77 bits per heavy atom. The SMILES string of the molecule is CCC(O)=[SH]Cc1cccc(OCCN(C[C@@H](O)[C@@H](O)[C@H](O)[C@H](O)CO)C[C@@H](O)[C@@H](O)[C@H](O)[C@H](O)CO)c1.Cl. The lowest BCUT2D eigenvalue weighted by molar-refractivity contribution is -0.130. The first kappa shape index (κ1) is 38.0. The number of benzene rings is 1. The molecule has 0 bridgehead atoms. The molecule has 0 amide bonds. The summed E-state index contributed by atoms with van der Waals surface area (Å²) in [7, 11) is 0. The minimum absolute atomic E-state index is 0. The lowest BCUT2D eigenvalue weighted by Gasteiger charge is -2.33. The number of halogens is 1. The summed E-state index contributed by atoms with van der Waals surface area (Å²) >= 11 is 0.776. The Morgan fingerprint density at radius 2 is 1.31 bits per heavy atom. The van der Waals surface area contributed by atoms with E-state index in [2.05, 4.69) is 0 Å². The van der Waals surface area contributed by atoms with Crippen molar-refractivity contribution in [2.24, 2.45) is 0 Å². The number of aliphatic hydroxyl groups is 11. The van der Waals surface area contributed by atoms with E-state index < -0.39 is 62.0 Å². The molecule has 13 nitrogen and oxygen atoms in total. The van der Waals surface area contributed by atoms with E-state index in [-0.39, 0.29) is 38.6 Å². The summed E-state index contributed by atoms with van der Waals surface area (Å²) in [6.07, 6.45) is -13.6. The Morgan fingerprint density at radius 1 is 0.821 bits per heavy atom. The zero-order valence-corrected chi connectivity index (χ0v) is 23.4. The first-order chi connectivity index (χ1) is 17.9. The van der Waals surface area contributed by atoms with Gasteiger partial charge in [-0.15, -0.1) is 12.4 Å². The summed E-state index contributed by atoms with van der Waals surface area (Å²) in [5.74, 6) is 1.10. The minimum Gasteiger partial charge on any atom is -0.492 e. The van der Waals surface area contributed by atoms with Crippen molar-refractivity contribution in [3.8, 4) is 5.75 Å². The number of nitrogens with zero attached hydrogens (tertiary/aromatic N) is 1. The van der Waals surface area contributed by atoms with E-state index in [1.165, 1.54) is 4.90 Å². The van der Waals surface area contributed by atoms with Gasteiger partial charge in [-0.1, -0.05) is 19.1 Å². The van der Waals surface area contributed by atoms with E-state index >= 15 is 0 Å². The maximum Gasteiger partial charge on any atom is 0.119 e. The van der Waals surface area contributed by atoms with Crippen LogP contribution in [0, 0.1) is 0 Å². The molecule has 39 heavy (non-hydrogen) atoms. The lowest BCUT2D eigenvalue weighted by atomic mass is 10.0. The fourth-order valence-electron chi connectivity index (χ4n) is 3.45. The standard InChI is InChI=1S/C24H43NO12S.ClH/c1-2-20(32)38-13-14-4-3-5-15(8-14)37-7-6-25(9-16(28)21(33)23(35)18(30)11-26)10-17(29)22(34)24(36)19(31)12-27;/h3-5,8,16-19,21-24,26-36,38H,2,6-7,9-13H2,1H3;1H/t16-,17-,18-,19-,21-,22-,23-,24-;/m1./s1. The second-order valence-electron chi connectivity index (χ2n) is 8.94. The summed E-state index contributed by atoms with van der Waals surface area (Å²) in [6, 6.07) is 7.16. The van der Waals surface area contributed by atoms with E-state index in [1.807, 2.05) is 13.0 Å². The maximum absolute atomic E-state index is 10.4. The van der Waals surface area contributed by atoms with Crippen LogP contribution in [0.15, 0.2) is 24.3 Å². The molecule has 0 saturated carbocycles. The predicted octanol–water partition coefficient (Wildman–Crippen LogP) is -3.28. The molecule has 230 valence electrons. The molecule has 0 radical (unpaired) electrons. The average molecular weight is 606 g/mol. The highest BCUT2D eigenvalue weighted by Gasteiger charge is 2.34. The van der Waals surface area contributed by atoms with E-state index in [0.29, 0.717) is 23.0 Å². The van der Waals surface area contributed by atoms with E-state index in [1.54, 1.807) is 18.2 Å². The van der Waals surface area contributed by atoms with Crippen LogP contribution in [0.1, 0.15) is 18.9 Å². The van der Waals surface area contributed by atoms with Crippen molar-refractivity contribution in [2.45, 2.75) is 67.9 Å². The fraction of sp³-hybridized carbons (Fsp3) is 0.708. The molecule has 0 spiro atoms. The number of aliphatic hydroxyl groups excluding tert-OH is 11. The topological polar surface area (TPSA) is 235 Å². The first-order valence-electron chi connectivity index (χ1n) is 12.3. The summed E-state index contributed by atoms with van der Waals surface area (Å²) in [6.45, 7) is -0.578. The van der Waals surface area contributed by atoms with Gasteiger partial charge in [-0.05, 0) is 24.1 Å². The molecular formula is C24H44ClNO12S. The largest absolute Gasteiger partial charge is 0.492 e. The smallest absolute Gasteiger partial charge is 0.119 e. The molecule has 11 N–H and O–H groups in total. The summed E-state index contributed by atoms with van der Waals surface area (Å²) in [5, 5.41) is 108. The van der Waals surface area contributed by atoms with Crippen molar-refractivity contribution in [3.05, 3.63) is 29.8 Å². The third-order valence-corrected chi connectivity index (χ3v) is 7.08. The summed E-state index contributed by atoms with van der Waals surface area (Å²) in [4.78, 5) is 1.36. The van der Waals surface area contributed by atoms with Crippen molar-refractivity contribution >= 4 is 28.8 Å². The number of rotatable bonds is 19. The molecule has 0 aliphatic carbocycles. The van der Waals surface area contributed by atoms with Gasteiger partial charge in [0.15, 0.2) is 0 Å². The molecule has 0 aliphatic rings. The highest BCUT2D eigenvalue weighted by Crippen LogP contribution is 2.17. The molecule has 15 heteroatoms. The van der Waals surface area contributed by atoms with Gasteiger partial charge in [0.1, 0.15) is 49.0 Å². The van der Waals surface area contributed by atoms with Crippen molar-refractivity contribution in [1.82, 2.24) is 4.90 Å². The third kappa shape index (κ3) is 13.5. The van der Waals surface area contributed by atoms with E-state index in [9.17, 15) is 46.0 Å². The van der Waals surface area contributed by atoms with Gasteiger partial charge in [-0.2, -0.15) is 11.4 Å². The second-order valence-corrected chi connectivity index (χ2v) is 10.1. The zero-order valence-electron chi connectivity index (χ0n) is 21.7. The number of ether oxygens (including phenoxy) is 1. The van der Waals surface area contributed by atoms with Crippen LogP contribution in [-0.2, 0) is 5.75 Å². The maximum atomic E-state index is 10.4. The van der Waals surface area contributed by atoms with Crippen molar-refractivity contribution in [3.63, 3.8) is 0 Å². The molecule has 0 unspecified atom stereocenters. The fourth-order valence-corrected chi connectivity index (χ4v) is 4.23. The molecule has 0 fully saturated rings. The lowest BCUT2D eigenvalue weighted by Crippen LogP contribution is -2.53. The number of hydrogen-bond acceptors (Lipinski definition) is 12. The molecule has 0 heterocycles. The molecule has 0 saturated heterocycles. The third-order valence-electron chi connectivity index (χ3n) is 5.88. The predicted molar refractivity (Wildman–Crippen MR) is 148 cm³/mol. The first-order valence-corrected chi connectivity index (χ1v) is 13.4. The van der Waals surface area contributed by atoms with Gasteiger partial charge in [-0.25, -0.2) is 0 Å². The molecule has 8 atom stereocenters. The Labute approximate surface area is 237 Å². The normalized spacial score (nSPS) is 18.6. The van der Waals surface area contributed by atoms with Gasteiger partial charge in [0.25, 0.3) is 0 Å². The van der Waals surface area contributed by atoms with E-state index in [4.69, 9.17) is 14.9 Å². The Balaban J connectivity index is 0.0000144. The highest BCUT2D eigenvalue weighted by molar-refractivity contribution is 7.97. The van der Waals surface area contributed by atoms with Crippen LogP contribution in [0.3, 0.4) is 0 Å². The van der Waals surface area contributed by atoms with Gasteiger partial charge < -0.3 is 60.9 Å². The zero-order chi connectivity index (χ0) is 28.8. The molecule has 1 aromatic carbocycles. The van der Waals surface area contributed by atoms with Crippen LogP contribution >= 0.6 is 23.8 Å². The monoisotopic (exact) mass is 605 g/mol. The van der Waals surface area contributed by atoms with Gasteiger partial charge >= 0.3 is 0 Å². The minimum atomic E-state index is -1.86. The summed E-state index contributed by atoms with van der Waals surface area (Å²) < 4.78 is 5.75. The van der Waals surface area contributed by atoms with Gasteiger partial charge in [0.05, 0.1) is 30.5 Å². The van der Waals surface area contributed by atoms with Crippen LogP contribution < -0.4 is 4.74 Å². The second kappa shape index (κ2) is 20.0. The van der Waals surface area contributed by atoms with Crippen molar-refractivity contribution in [1.29, 1.82) is 0 Å². The van der Waals surface area contributed by atoms with Gasteiger partial charge in [0.2, 0.25) is 0 Å². The van der Waals surface area contributed by atoms with Crippen LogP contribution in [0.4, 0.5) is 0 Å². The molecule has 0 aromatic heterocycles. The number of hydrogen-bond donors (Lipinski definition) is 12. The van der Waals surface area contributed by atoms with Crippen molar-refractivity contribution < 1.29 is 60.9 Å². The molecular weight excluding hydrogens is 562 g/mol. The van der Waals surface area contributed by atoms with Crippen molar-refractivity contribution in [2.75, 3.05) is 39.5 Å². The highest BCUT2D eigenvalue weighted by atomic mass is 35.5. The van der Waals surface area contributed by atoms with Gasteiger partial charge in [0, 0.05) is 25.4 Å². The van der Waals surface area contributed by atoms with Crippen LogP contribution in [0.5, 0.6) is 5.75 Å². The van der Waals surface area contributed by atoms with Gasteiger partial charge in [-0.3, -0.25) is 4.90 Å². The Hall–Kier alpha value is -0.950. The van der Waals surface area contributed by atoms with Crippen LogP contribution in [0.2, 0.25) is 0 Å². The Bertz CT molecular complexity index is 795. The number of thiol groups is 1. The Kier molecular flexibility index (Phi) is 19.5. The van der Waals surface area contributed by atoms with Crippen LogP contribution in [-0.4, -0.2) is 154 Å². The average Bonchev–Trinajstić information content (AvgIpc) is 2.93. The molecule has 1 rings (SSSR count). The quantitative estimate of drug-likeness (QED) is 0.0548. The molecule has 1 aromatic rings.